The summed E-state index contributed by atoms with van der Waals surface area (Å²) in [5.74, 6) is -0.603. The first-order chi connectivity index (χ1) is 14.0. The molecule has 1 heterocycles. The lowest BCUT2D eigenvalue weighted by atomic mass is 9.98. The Morgan fingerprint density at radius 1 is 1.00 bits per heavy atom. The molecule has 1 unspecified atom stereocenters. The molecule has 29 heavy (non-hydrogen) atoms. The number of carbonyl (C=O) groups excluding carboxylic acids is 2. The molecule has 5 nitrogen and oxygen atoms in total. The third kappa shape index (κ3) is 3.99. The fraction of sp³-hybridized carbons (Fsp3) is 0.167. The third-order valence-corrected chi connectivity index (χ3v) is 5.27. The van der Waals surface area contributed by atoms with Crippen LogP contribution in [0.15, 0.2) is 72.8 Å². The van der Waals surface area contributed by atoms with Crippen LogP contribution in [0.2, 0.25) is 0 Å². The number of nitrogens with one attached hydrogen (secondary N) is 1. The predicted molar refractivity (Wildman–Crippen MR) is 115 cm³/mol. The highest BCUT2D eigenvalue weighted by Gasteiger charge is 2.33. The Kier molecular flexibility index (Phi) is 5.04. The van der Waals surface area contributed by atoms with Gasteiger partial charge in [0.05, 0.1) is 11.4 Å². The van der Waals surface area contributed by atoms with E-state index in [2.05, 4.69) is 41.4 Å². The van der Waals surface area contributed by atoms with E-state index in [1.165, 1.54) is 5.56 Å². The molecule has 1 atom stereocenters. The van der Waals surface area contributed by atoms with Crippen molar-refractivity contribution in [1.82, 2.24) is 0 Å². The zero-order valence-electron chi connectivity index (χ0n) is 16.3. The molecular formula is C24H23N3O2. The number of fused-ring (bicyclic) bond motifs is 1. The van der Waals surface area contributed by atoms with Crippen molar-refractivity contribution in [1.29, 1.82) is 0 Å². The van der Waals surface area contributed by atoms with Gasteiger partial charge in [-0.1, -0.05) is 60.2 Å². The molecule has 0 saturated heterocycles. The van der Waals surface area contributed by atoms with Crippen LogP contribution < -0.4 is 16.0 Å². The van der Waals surface area contributed by atoms with Gasteiger partial charge in [0.1, 0.15) is 6.04 Å². The summed E-state index contributed by atoms with van der Waals surface area (Å²) in [5, 5.41) is 2.96. The van der Waals surface area contributed by atoms with Gasteiger partial charge >= 0.3 is 0 Å². The highest BCUT2D eigenvalue weighted by molar-refractivity contribution is 6.05. The number of rotatable bonds is 5. The quantitative estimate of drug-likeness (QED) is 0.704. The monoisotopic (exact) mass is 385 g/mol. The summed E-state index contributed by atoms with van der Waals surface area (Å²) in [7, 11) is 0. The number of aryl methyl sites for hydroxylation is 1. The number of benzene rings is 3. The van der Waals surface area contributed by atoms with Gasteiger partial charge in [-0.05, 0) is 36.2 Å². The first-order valence-corrected chi connectivity index (χ1v) is 9.62. The van der Waals surface area contributed by atoms with E-state index in [0.29, 0.717) is 24.2 Å². The van der Waals surface area contributed by atoms with E-state index in [0.717, 1.165) is 16.8 Å². The number of anilines is 2. The molecule has 3 aromatic rings. The summed E-state index contributed by atoms with van der Waals surface area (Å²) < 4.78 is 0. The minimum absolute atomic E-state index is 0.0879. The van der Waals surface area contributed by atoms with Crippen LogP contribution in [0.5, 0.6) is 0 Å². The van der Waals surface area contributed by atoms with E-state index < -0.39 is 5.91 Å². The van der Waals surface area contributed by atoms with Crippen molar-refractivity contribution in [2.75, 3.05) is 10.2 Å². The van der Waals surface area contributed by atoms with Crippen molar-refractivity contribution in [2.24, 2.45) is 5.73 Å². The Morgan fingerprint density at radius 3 is 2.41 bits per heavy atom. The Balaban J connectivity index is 1.73. The van der Waals surface area contributed by atoms with Crippen molar-refractivity contribution < 1.29 is 9.59 Å². The number of carbonyl (C=O) groups is 2. The topological polar surface area (TPSA) is 75.4 Å². The molecule has 3 N–H and O–H groups in total. The van der Waals surface area contributed by atoms with Crippen LogP contribution in [0.4, 0.5) is 11.4 Å². The van der Waals surface area contributed by atoms with E-state index in [1.54, 1.807) is 12.1 Å². The largest absolute Gasteiger partial charge is 0.366 e. The van der Waals surface area contributed by atoms with E-state index in [9.17, 15) is 9.59 Å². The SMILES string of the molecule is Cc1ccc(CN2c3ccc(C(N)=O)cc3NC(=O)C2Cc2ccccc2)cc1. The van der Waals surface area contributed by atoms with E-state index in [-0.39, 0.29) is 11.9 Å². The van der Waals surface area contributed by atoms with Gasteiger partial charge in [0.2, 0.25) is 11.8 Å². The first kappa shape index (κ1) is 18.7. The summed E-state index contributed by atoms with van der Waals surface area (Å²) in [6, 6.07) is 23.2. The number of hydrogen-bond acceptors (Lipinski definition) is 3. The maximum absolute atomic E-state index is 13.0. The van der Waals surface area contributed by atoms with Crippen LogP contribution in [0.1, 0.15) is 27.0 Å². The number of amides is 2. The summed E-state index contributed by atoms with van der Waals surface area (Å²) in [5.41, 5.74) is 10.7. The highest BCUT2D eigenvalue weighted by atomic mass is 16.2. The average Bonchev–Trinajstić information content (AvgIpc) is 2.72. The zero-order chi connectivity index (χ0) is 20.4. The third-order valence-electron chi connectivity index (χ3n) is 5.27. The van der Waals surface area contributed by atoms with Crippen LogP contribution in [-0.2, 0) is 17.8 Å². The standard InChI is InChI=1S/C24H23N3O2/c1-16-7-9-18(10-8-16)15-27-21-12-11-19(23(25)28)14-20(21)26-24(29)22(27)13-17-5-3-2-4-6-17/h2-12,14,22H,13,15H2,1H3,(H2,25,28)(H,26,29). The van der Waals surface area contributed by atoms with Crippen molar-refractivity contribution in [3.05, 3.63) is 95.1 Å². The molecule has 0 saturated carbocycles. The summed E-state index contributed by atoms with van der Waals surface area (Å²) >= 11 is 0. The fourth-order valence-corrected chi connectivity index (χ4v) is 3.69. The van der Waals surface area contributed by atoms with Gasteiger partial charge in [-0.15, -0.1) is 0 Å². The van der Waals surface area contributed by atoms with E-state index in [4.69, 9.17) is 5.73 Å². The van der Waals surface area contributed by atoms with Gasteiger partial charge in [-0.25, -0.2) is 0 Å². The second kappa shape index (κ2) is 7.80. The van der Waals surface area contributed by atoms with Crippen molar-refractivity contribution in [3.8, 4) is 0 Å². The predicted octanol–water partition coefficient (Wildman–Crippen LogP) is 3.66. The Bertz CT molecular complexity index is 1050. The minimum atomic E-state index is -0.515. The second-order valence-electron chi connectivity index (χ2n) is 7.40. The molecule has 5 heteroatoms. The summed E-state index contributed by atoms with van der Waals surface area (Å²) in [4.78, 5) is 26.7. The summed E-state index contributed by atoms with van der Waals surface area (Å²) in [6.07, 6.45) is 0.593. The molecule has 1 aliphatic rings. The van der Waals surface area contributed by atoms with Gasteiger partial charge in [-0.3, -0.25) is 9.59 Å². The number of hydrogen-bond donors (Lipinski definition) is 2. The van der Waals surface area contributed by atoms with Gasteiger partial charge < -0.3 is 16.0 Å². The molecule has 0 spiro atoms. The molecule has 0 bridgehead atoms. The van der Waals surface area contributed by atoms with Crippen LogP contribution >= 0.6 is 0 Å². The molecule has 146 valence electrons. The second-order valence-corrected chi connectivity index (χ2v) is 7.40. The molecule has 0 aliphatic carbocycles. The van der Waals surface area contributed by atoms with Gasteiger partial charge in [0, 0.05) is 18.5 Å². The molecular weight excluding hydrogens is 362 g/mol. The highest BCUT2D eigenvalue weighted by Crippen LogP contribution is 2.35. The molecule has 3 aromatic carbocycles. The Hall–Kier alpha value is -3.60. The van der Waals surface area contributed by atoms with Gasteiger partial charge in [-0.2, -0.15) is 0 Å². The number of nitrogens with zero attached hydrogens (tertiary/aromatic N) is 1. The van der Waals surface area contributed by atoms with Crippen LogP contribution in [0, 0.1) is 6.92 Å². The van der Waals surface area contributed by atoms with Crippen LogP contribution in [0.3, 0.4) is 0 Å². The van der Waals surface area contributed by atoms with Crippen molar-refractivity contribution >= 4 is 23.2 Å². The molecule has 0 aromatic heterocycles. The maximum atomic E-state index is 13.0. The Labute approximate surface area is 170 Å². The normalized spacial score (nSPS) is 15.6. The first-order valence-electron chi connectivity index (χ1n) is 9.62. The van der Waals surface area contributed by atoms with Gasteiger partial charge in [0.25, 0.3) is 0 Å². The van der Waals surface area contributed by atoms with Crippen LogP contribution in [-0.4, -0.2) is 17.9 Å². The van der Waals surface area contributed by atoms with E-state index >= 15 is 0 Å². The maximum Gasteiger partial charge on any atom is 0.248 e. The van der Waals surface area contributed by atoms with Crippen molar-refractivity contribution in [2.45, 2.75) is 25.9 Å². The number of primary amides is 1. The average molecular weight is 385 g/mol. The lowest BCUT2D eigenvalue weighted by molar-refractivity contribution is -0.117. The minimum Gasteiger partial charge on any atom is -0.366 e. The molecule has 0 radical (unpaired) electrons. The molecule has 0 fully saturated rings. The fourth-order valence-electron chi connectivity index (χ4n) is 3.69. The Morgan fingerprint density at radius 2 is 1.72 bits per heavy atom. The lowest BCUT2D eigenvalue weighted by Gasteiger charge is -2.38. The van der Waals surface area contributed by atoms with Crippen molar-refractivity contribution in [3.63, 3.8) is 0 Å². The van der Waals surface area contributed by atoms with E-state index in [1.807, 2.05) is 36.4 Å². The lowest BCUT2D eigenvalue weighted by Crippen LogP contribution is -2.49. The smallest absolute Gasteiger partial charge is 0.248 e. The van der Waals surface area contributed by atoms with Gasteiger partial charge in [0.15, 0.2) is 0 Å². The molecule has 1 aliphatic heterocycles. The summed E-state index contributed by atoms with van der Waals surface area (Å²) in [6.45, 7) is 2.64. The molecule has 2 amide bonds. The number of nitrogens with two attached hydrogens (primary N) is 1. The zero-order valence-corrected chi connectivity index (χ0v) is 16.3. The van der Waals surface area contributed by atoms with Crippen LogP contribution in [0.25, 0.3) is 0 Å². The molecule has 4 rings (SSSR count).